The molecule has 0 spiro atoms. The quantitative estimate of drug-likeness (QED) is 0.514. The van der Waals surface area contributed by atoms with E-state index in [1.165, 1.54) is 6.08 Å². The summed E-state index contributed by atoms with van der Waals surface area (Å²) in [4.78, 5) is 48.2. The number of hydrogen-bond acceptors (Lipinski definition) is 4. The number of carbonyl (C=O) groups is 4. The predicted molar refractivity (Wildman–Crippen MR) is 108 cm³/mol. The van der Waals surface area contributed by atoms with Crippen molar-refractivity contribution in [3.63, 3.8) is 0 Å². The largest absolute Gasteiger partial charge is 0.355 e. The number of hydrogen-bond donors (Lipinski definition) is 3. The first kappa shape index (κ1) is 19.8. The lowest BCUT2D eigenvalue weighted by Gasteiger charge is -2.13. The molecule has 2 aromatic carbocycles. The Bertz CT molecular complexity index is 966. The molecule has 0 aromatic heterocycles. The highest BCUT2D eigenvalue weighted by Crippen LogP contribution is 2.15. The van der Waals surface area contributed by atoms with Crippen molar-refractivity contribution in [1.29, 1.82) is 0 Å². The molecule has 1 aliphatic heterocycles. The molecular weight excluding hydrogens is 372 g/mol. The van der Waals surface area contributed by atoms with E-state index in [0.29, 0.717) is 11.3 Å². The van der Waals surface area contributed by atoms with Crippen molar-refractivity contribution in [3.05, 3.63) is 71.3 Å². The van der Waals surface area contributed by atoms with Gasteiger partial charge in [-0.1, -0.05) is 24.3 Å². The molecule has 29 heavy (non-hydrogen) atoms. The monoisotopic (exact) mass is 392 g/mol. The molecule has 3 rings (SSSR count). The maximum Gasteiger partial charge on any atom is 0.324 e. The molecular formula is C21H20N4O4. The van der Waals surface area contributed by atoms with Crippen molar-refractivity contribution >= 4 is 35.5 Å². The van der Waals surface area contributed by atoms with E-state index in [4.69, 9.17) is 0 Å². The lowest BCUT2D eigenvalue weighted by Crippen LogP contribution is -2.30. The van der Waals surface area contributed by atoms with Crippen LogP contribution in [0.1, 0.15) is 21.5 Å². The zero-order valence-corrected chi connectivity index (χ0v) is 15.8. The average Bonchev–Trinajstić information content (AvgIpc) is 3.04. The fourth-order valence-corrected chi connectivity index (χ4v) is 2.79. The van der Waals surface area contributed by atoms with Gasteiger partial charge in [-0.2, -0.15) is 0 Å². The number of imide groups is 1. The first-order chi connectivity index (χ1) is 14.0. The van der Waals surface area contributed by atoms with Crippen molar-refractivity contribution in [2.24, 2.45) is 0 Å². The van der Waals surface area contributed by atoms with Crippen molar-refractivity contribution in [1.82, 2.24) is 15.5 Å². The van der Waals surface area contributed by atoms with Gasteiger partial charge in [-0.05, 0) is 41.5 Å². The molecule has 1 saturated heterocycles. The number of anilines is 1. The number of amides is 5. The third-order valence-electron chi connectivity index (χ3n) is 4.30. The number of nitrogens with one attached hydrogen (secondary N) is 3. The summed E-state index contributed by atoms with van der Waals surface area (Å²) in [7, 11) is 1.56. The molecule has 1 heterocycles. The third-order valence-corrected chi connectivity index (χ3v) is 4.30. The van der Waals surface area contributed by atoms with Crippen LogP contribution in [-0.4, -0.2) is 42.2 Å². The van der Waals surface area contributed by atoms with Crippen LogP contribution in [0.25, 0.3) is 6.08 Å². The van der Waals surface area contributed by atoms with Crippen LogP contribution in [0.3, 0.4) is 0 Å². The Labute approximate surface area is 167 Å². The van der Waals surface area contributed by atoms with Gasteiger partial charge in [0.25, 0.3) is 5.91 Å². The van der Waals surface area contributed by atoms with E-state index in [9.17, 15) is 19.2 Å². The van der Waals surface area contributed by atoms with Crippen LogP contribution in [0.4, 0.5) is 10.5 Å². The highest BCUT2D eigenvalue weighted by Gasteiger charge is 2.28. The SMILES string of the molecule is CNC(=O)c1ccc(/C=C/C(=O)Nc2cccc(CN3C(=O)CNC3=O)c2)cc1. The van der Waals surface area contributed by atoms with Crippen LogP contribution < -0.4 is 16.0 Å². The van der Waals surface area contributed by atoms with Gasteiger partial charge in [-0.25, -0.2) is 4.79 Å². The van der Waals surface area contributed by atoms with Gasteiger partial charge >= 0.3 is 6.03 Å². The maximum atomic E-state index is 12.2. The second kappa shape index (κ2) is 8.83. The Morgan fingerprint density at radius 3 is 2.55 bits per heavy atom. The van der Waals surface area contributed by atoms with Crippen LogP contribution in [0.5, 0.6) is 0 Å². The van der Waals surface area contributed by atoms with E-state index in [2.05, 4.69) is 16.0 Å². The van der Waals surface area contributed by atoms with Crippen LogP contribution in [0.15, 0.2) is 54.6 Å². The lowest BCUT2D eigenvalue weighted by molar-refractivity contribution is -0.125. The van der Waals surface area contributed by atoms with E-state index >= 15 is 0 Å². The molecule has 0 saturated carbocycles. The van der Waals surface area contributed by atoms with E-state index in [0.717, 1.165) is 16.0 Å². The van der Waals surface area contributed by atoms with Gasteiger partial charge in [0.1, 0.15) is 0 Å². The molecule has 0 bridgehead atoms. The van der Waals surface area contributed by atoms with Crippen LogP contribution in [-0.2, 0) is 16.1 Å². The molecule has 1 fully saturated rings. The molecule has 0 atom stereocenters. The minimum atomic E-state index is -0.421. The highest BCUT2D eigenvalue weighted by molar-refractivity contribution is 6.03. The number of rotatable bonds is 6. The number of nitrogens with zero attached hydrogens (tertiary/aromatic N) is 1. The van der Waals surface area contributed by atoms with E-state index in [-0.39, 0.29) is 30.8 Å². The predicted octanol–water partition coefficient (Wildman–Crippen LogP) is 1.75. The molecule has 8 nitrogen and oxygen atoms in total. The van der Waals surface area contributed by atoms with E-state index < -0.39 is 6.03 Å². The standard InChI is InChI=1S/C21H20N4O4/c1-22-20(28)16-8-5-14(6-9-16)7-10-18(26)24-17-4-2-3-15(11-17)13-25-19(27)12-23-21(25)29/h2-11H,12-13H2,1H3,(H,22,28)(H,23,29)(H,24,26)/b10-7+. The smallest absolute Gasteiger partial charge is 0.324 e. The maximum absolute atomic E-state index is 12.2. The summed E-state index contributed by atoms with van der Waals surface area (Å²) in [5, 5.41) is 7.76. The van der Waals surface area contributed by atoms with Gasteiger partial charge in [0.15, 0.2) is 0 Å². The van der Waals surface area contributed by atoms with Crippen molar-refractivity contribution < 1.29 is 19.2 Å². The summed E-state index contributed by atoms with van der Waals surface area (Å²) in [6, 6.07) is 13.4. The van der Waals surface area contributed by atoms with Crippen LogP contribution >= 0.6 is 0 Å². The van der Waals surface area contributed by atoms with Gasteiger partial charge in [0.05, 0.1) is 13.1 Å². The molecule has 5 amide bonds. The Kier molecular flexibility index (Phi) is 6.03. The number of carbonyl (C=O) groups excluding carboxylic acids is 4. The third kappa shape index (κ3) is 5.07. The van der Waals surface area contributed by atoms with Crippen molar-refractivity contribution in [2.45, 2.75) is 6.54 Å². The normalized spacial score (nSPS) is 13.5. The van der Waals surface area contributed by atoms with Gasteiger partial charge in [-0.15, -0.1) is 0 Å². The number of benzene rings is 2. The Hall–Kier alpha value is -3.94. The molecule has 3 N–H and O–H groups in total. The fourth-order valence-electron chi connectivity index (χ4n) is 2.79. The summed E-state index contributed by atoms with van der Waals surface area (Å²) in [6.45, 7) is 0.145. The first-order valence-corrected chi connectivity index (χ1v) is 8.94. The summed E-state index contributed by atoms with van der Waals surface area (Å²) in [5.41, 5.74) is 2.59. The average molecular weight is 392 g/mol. The molecule has 0 radical (unpaired) electrons. The highest BCUT2D eigenvalue weighted by atomic mass is 16.2. The molecule has 0 aliphatic carbocycles. The topological polar surface area (TPSA) is 108 Å². The summed E-state index contributed by atoms with van der Waals surface area (Å²) in [6.07, 6.45) is 3.03. The van der Waals surface area contributed by atoms with Gasteiger partial charge in [0, 0.05) is 24.4 Å². The second-order valence-corrected chi connectivity index (χ2v) is 6.36. The Morgan fingerprint density at radius 2 is 1.90 bits per heavy atom. The molecule has 1 aliphatic rings. The Balaban J connectivity index is 1.60. The van der Waals surface area contributed by atoms with Gasteiger partial charge in [-0.3, -0.25) is 19.3 Å². The fraction of sp³-hybridized carbons (Fsp3) is 0.143. The number of urea groups is 1. The lowest BCUT2D eigenvalue weighted by atomic mass is 10.1. The molecule has 148 valence electrons. The Morgan fingerprint density at radius 1 is 1.14 bits per heavy atom. The molecule has 0 unspecified atom stereocenters. The van der Waals surface area contributed by atoms with Crippen molar-refractivity contribution in [3.8, 4) is 0 Å². The zero-order chi connectivity index (χ0) is 20.8. The van der Waals surface area contributed by atoms with Crippen LogP contribution in [0.2, 0.25) is 0 Å². The van der Waals surface area contributed by atoms with E-state index in [1.807, 2.05) is 0 Å². The summed E-state index contributed by atoms with van der Waals surface area (Å²) < 4.78 is 0. The van der Waals surface area contributed by atoms with Gasteiger partial charge < -0.3 is 16.0 Å². The first-order valence-electron chi connectivity index (χ1n) is 8.94. The minimum absolute atomic E-state index is 0.00412. The van der Waals surface area contributed by atoms with E-state index in [1.54, 1.807) is 61.7 Å². The molecule has 2 aromatic rings. The second-order valence-electron chi connectivity index (χ2n) is 6.36. The van der Waals surface area contributed by atoms with Crippen LogP contribution in [0, 0.1) is 0 Å². The summed E-state index contributed by atoms with van der Waals surface area (Å²) in [5.74, 6) is -0.784. The van der Waals surface area contributed by atoms with Gasteiger partial charge in [0.2, 0.25) is 11.8 Å². The minimum Gasteiger partial charge on any atom is -0.355 e. The van der Waals surface area contributed by atoms with Crippen molar-refractivity contribution in [2.75, 3.05) is 18.9 Å². The molecule has 8 heteroatoms. The summed E-state index contributed by atoms with van der Waals surface area (Å²) >= 11 is 0. The zero-order valence-electron chi connectivity index (χ0n) is 15.8.